The van der Waals surface area contributed by atoms with Gasteiger partial charge in [-0.2, -0.15) is 0 Å². The molecule has 1 saturated heterocycles. The van der Waals surface area contributed by atoms with Crippen molar-refractivity contribution in [2.24, 2.45) is 0 Å². The molecular formula is C16H17ClN2O2. The predicted molar refractivity (Wildman–Crippen MR) is 84.5 cm³/mol. The van der Waals surface area contributed by atoms with Crippen molar-refractivity contribution in [1.29, 1.82) is 0 Å². The van der Waals surface area contributed by atoms with E-state index in [0.717, 1.165) is 35.4 Å². The summed E-state index contributed by atoms with van der Waals surface area (Å²) in [4.78, 5) is 18.6. The van der Waals surface area contributed by atoms with Crippen LogP contribution in [0.4, 0.5) is 5.82 Å². The van der Waals surface area contributed by atoms with Gasteiger partial charge in [0.25, 0.3) is 0 Å². The average Bonchev–Trinajstić information content (AvgIpc) is 2.47. The van der Waals surface area contributed by atoms with E-state index in [4.69, 9.17) is 16.3 Å². The minimum Gasteiger partial charge on any atom is -0.378 e. The summed E-state index contributed by atoms with van der Waals surface area (Å²) in [6, 6.07) is 5.73. The van der Waals surface area contributed by atoms with Crippen LogP contribution in [0.3, 0.4) is 0 Å². The molecule has 1 aromatic heterocycles. The molecule has 0 saturated carbocycles. The lowest BCUT2D eigenvalue weighted by Crippen LogP contribution is -2.37. The third kappa shape index (κ3) is 2.74. The van der Waals surface area contributed by atoms with Gasteiger partial charge in [-0.1, -0.05) is 11.6 Å². The minimum absolute atomic E-state index is 0.0284. The number of hydrogen-bond donors (Lipinski definition) is 0. The molecule has 5 heteroatoms. The number of anilines is 1. The topological polar surface area (TPSA) is 42.4 Å². The van der Waals surface area contributed by atoms with E-state index in [2.05, 4.69) is 9.88 Å². The van der Waals surface area contributed by atoms with Crippen LogP contribution in [0.1, 0.15) is 22.8 Å². The Morgan fingerprint density at radius 1 is 1.29 bits per heavy atom. The quantitative estimate of drug-likeness (QED) is 0.799. The van der Waals surface area contributed by atoms with Crippen LogP contribution in [-0.4, -0.2) is 37.1 Å². The summed E-state index contributed by atoms with van der Waals surface area (Å²) in [5.74, 6) is 0.799. The molecule has 0 radical (unpaired) electrons. The second kappa shape index (κ2) is 5.62. The van der Waals surface area contributed by atoms with Crippen molar-refractivity contribution in [1.82, 2.24) is 4.98 Å². The number of nitrogens with zero attached hydrogens (tertiary/aromatic N) is 2. The molecule has 2 heterocycles. The van der Waals surface area contributed by atoms with E-state index >= 15 is 0 Å². The van der Waals surface area contributed by atoms with E-state index < -0.39 is 0 Å². The van der Waals surface area contributed by atoms with Crippen molar-refractivity contribution >= 4 is 34.1 Å². The van der Waals surface area contributed by atoms with Gasteiger partial charge in [0, 0.05) is 24.0 Å². The Morgan fingerprint density at radius 2 is 2.00 bits per heavy atom. The largest absolute Gasteiger partial charge is 0.378 e. The van der Waals surface area contributed by atoms with Crippen LogP contribution in [0.15, 0.2) is 18.2 Å². The predicted octanol–water partition coefficient (Wildman–Crippen LogP) is 3.24. The summed E-state index contributed by atoms with van der Waals surface area (Å²) < 4.78 is 5.36. The fourth-order valence-electron chi connectivity index (χ4n) is 2.67. The first kappa shape index (κ1) is 14.3. The van der Waals surface area contributed by atoms with Crippen LogP contribution < -0.4 is 4.90 Å². The maximum atomic E-state index is 11.8. The number of morpholine rings is 1. The molecule has 0 unspecified atom stereocenters. The van der Waals surface area contributed by atoms with Gasteiger partial charge in [-0.15, -0.1) is 0 Å². The first-order valence-corrected chi connectivity index (χ1v) is 7.38. The van der Waals surface area contributed by atoms with Crippen LogP contribution >= 0.6 is 11.6 Å². The Morgan fingerprint density at radius 3 is 2.67 bits per heavy atom. The Labute approximate surface area is 128 Å². The number of carbonyl (C=O) groups excluding carboxylic acids is 1. The zero-order valence-electron chi connectivity index (χ0n) is 12.1. The normalized spacial score (nSPS) is 15.5. The van der Waals surface area contributed by atoms with Crippen molar-refractivity contribution < 1.29 is 9.53 Å². The van der Waals surface area contributed by atoms with Gasteiger partial charge in [-0.3, -0.25) is 4.79 Å². The van der Waals surface area contributed by atoms with Gasteiger partial charge in [0.1, 0.15) is 5.82 Å². The molecule has 1 aliphatic rings. The Hall–Kier alpha value is -1.65. The fourth-order valence-corrected chi connectivity index (χ4v) is 2.94. The monoisotopic (exact) mass is 304 g/mol. The van der Waals surface area contributed by atoms with Crippen molar-refractivity contribution in [3.63, 3.8) is 0 Å². The second-order valence-corrected chi connectivity index (χ2v) is 5.74. The number of benzene rings is 1. The molecule has 3 rings (SSSR count). The average molecular weight is 305 g/mol. The standard InChI is InChI=1S/C16H17ClN2O2/c1-10-7-12(11(2)20)13-9-14(17)16(18-15(13)8-10)19-3-5-21-6-4-19/h7-9H,3-6H2,1-2H3. The number of fused-ring (bicyclic) bond motifs is 1. The van der Waals surface area contributed by atoms with Gasteiger partial charge >= 0.3 is 0 Å². The van der Waals surface area contributed by atoms with E-state index in [9.17, 15) is 4.79 Å². The molecule has 0 spiro atoms. The van der Waals surface area contributed by atoms with Crippen LogP contribution in [0.25, 0.3) is 10.9 Å². The summed E-state index contributed by atoms with van der Waals surface area (Å²) >= 11 is 6.40. The summed E-state index contributed by atoms with van der Waals surface area (Å²) in [5.41, 5.74) is 2.51. The molecule has 2 aromatic rings. The number of halogens is 1. The number of ether oxygens (including phenoxy) is 1. The maximum absolute atomic E-state index is 11.8. The SMILES string of the molecule is CC(=O)c1cc(C)cc2nc(N3CCOCC3)c(Cl)cc12. The van der Waals surface area contributed by atoms with E-state index in [1.165, 1.54) is 0 Å². The summed E-state index contributed by atoms with van der Waals surface area (Å²) in [7, 11) is 0. The second-order valence-electron chi connectivity index (χ2n) is 5.33. The third-order valence-corrected chi connectivity index (χ3v) is 3.98. The van der Waals surface area contributed by atoms with Crippen LogP contribution in [0, 0.1) is 6.92 Å². The minimum atomic E-state index is 0.0284. The molecule has 21 heavy (non-hydrogen) atoms. The molecular weight excluding hydrogens is 288 g/mol. The molecule has 0 aliphatic carbocycles. The van der Waals surface area contributed by atoms with E-state index in [1.807, 2.05) is 25.1 Å². The molecule has 0 N–H and O–H groups in total. The number of Topliss-reactive ketones (excluding diaryl/α,β-unsaturated/α-hetero) is 1. The zero-order valence-corrected chi connectivity index (χ0v) is 12.9. The number of aromatic nitrogens is 1. The number of rotatable bonds is 2. The number of ketones is 1. The lowest BCUT2D eigenvalue weighted by Gasteiger charge is -2.28. The highest BCUT2D eigenvalue weighted by Gasteiger charge is 2.18. The number of aryl methyl sites for hydroxylation is 1. The van der Waals surface area contributed by atoms with Crippen molar-refractivity contribution in [3.8, 4) is 0 Å². The van der Waals surface area contributed by atoms with Crippen LogP contribution in [0.2, 0.25) is 5.02 Å². The highest BCUT2D eigenvalue weighted by Crippen LogP contribution is 2.31. The summed E-state index contributed by atoms with van der Waals surface area (Å²) in [6.45, 7) is 6.47. The molecule has 110 valence electrons. The lowest BCUT2D eigenvalue weighted by atomic mass is 10.0. The van der Waals surface area contributed by atoms with Crippen LogP contribution in [0.5, 0.6) is 0 Å². The van der Waals surface area contributed by atoms with E-state index in [0.29, 0.717) is 23.8 Å². The highest BCUT2D eigenvalue weighted by molar-refractivity contribution is 6.34. The molecule has 1 fully saturated rings. The van der Waals surface area contributed by atoms with Crippen molar-refractivity contribution in [2.45, 2.75) is 13.8 Å². The Balaban J connectivity index is 2.16. The van der Waals surface area contributed by atoms with Gasteiger partial charge in [-0.05, 0) is 37.6 Å². The third-order valence-electron chi connectivity index (χ3n) is 3.70. The molecule has 0 bridgehead atoms. The Kier molecular flexibility index (Phi) is 3.83. The maximum Gasteiger partial charge on any atom is 0.160 e. The zero-order chi connectivity index (χ0) is 15.0. The molecule has 1 aliphatic heterocycles. The Bertz CT molecular complexity index is 709. The lowest BCUT2D eigenvalue weighted by molar-refractivity contribution is 0.101. The van der Waals surface area contributed by atoms with Crippen molar-refractivity contribution in [3.05, 3.63) is 34.3 Å². The van der Waals surface area contributed by atoms with Gasteiger partial charge in [0.15, 0.2) is 5.78 Å². The van der Waals surface area contributed by atoms with Crippen LogP contribution in [-0.2, 0) is 4.74 Å². The van der Waals surface area contributed by atoms with Crippen molar-refractivity contribution in [2.75, 3.05) is 31.2 Å². The smallest absolute Gasteiger partial charge is 0.160 e. The summed E-state index contributed by atoms with van der Waals surface area (Å²) in [6.07, 6.45) is 0. The molecule has 0 atom stereocenters. The number of hydrogen-bond acceptors (Lipinski definition) is 4. The first-order chi connectivity index (χ1) is 10.1. The summed E-state index contributed by atoms with van der Waals surface area (Å²) in [5, 5.41) is 1.39. The van der Waals surface area contributed by atoms with Gasteiger partial charge in [-0.25, -0.2) is 4.98 Å². The van der Waals surface area contributed by atoms with Gasteiger partial charge in [0.2, 0.25) is 0 Å². The molecule has 1 aromatic carbocycles. The first-order valence-electron chi connectivity index (χ1n) is 7.01. The van der Waals surface area contributed by atoms with E-state index in [-0.39, 0.29) is 5.78 Å². The van der Waals surface area contributed by atoms with Gasteiger partial charge < -0.3 is 9.64 Å². The highest BCUT2D eigenvalue weighted by atomic mass is 35.5. The van der Waals surface area contributed by atoms with E-state index in [1.54, 1.807) is 6.92 Å². The molecule has 4 nitrogen and oxygen atoms in total. The number of carbonyl (C=O) groups is 1. The number of pyridine rings is 1. The molecule has 0 amide bonds. The fraction of sp³-hybridized carbons (Fsp3) is 0.375. The van der Waals surface area contributed by atoms with Gasteiger partial charge in [0.05, 0.1) is 23.8 Å².